The number of carbonyl (C=O) groups excluding carboxylic acids is 2. The van der Waals surface area contributed by atoms with Gasteiger partial charge in [0, 0.05) is 35.8 Å². The maximum Gasteiger partial charge on any atom is 0.141 e. The lowest BCUT2D eigenvalue weighted by Gasteiger charge is -2.22. The Morgan fingerprint density at radius 2 is 1.03 bits per heavy atom. The van der Waals surface area contributed by atoms with E-state index in [1.165, 1.54) is 0 Å². The maximum absolute atomic E-state index is 13.2. The first-order valence-corrected chi connectivity index (χ1v) is 13.1. The summed E-state index contributed by atoms with van der Waals surface area (Å²) in [5.41, 5.74) is 1.89. The highest BCUT2D eigenvalue weighted by molar-refractivity contribution is 7.99. The van der Waals surface area contributed by atoms with Gasteiger partial charge in [-0.1, -0.05) is 67.2 Å². The molecule has 0 fully saturated rings. The van der Waals surface area contributed by atoms with E-state index in [-0.39, 0.29) is 35.2 Å². The minimum atomic E-state index is -0.216. The molecule has 2 heterocycles. The van der Waals surface area contributed by atoms with Gasteiger partial charge < -0.3 is 8.83 Å². The molecule has 2 rings (SSSR count). The van der Waals surface area contributed by atoms with Crippen LogP contribution < -0.4 is 0 Å². The summed E-state index contributed by atoms with van der Waals surface area (Å²) in [6, 6.07) is 0. The van der Waals surface area contributed by atoms with Gasteiger partial charge in [0.25, 0.3) is 0 Å². The summed E-state index contributed by atoms with van der Waals surface area (Å²) < 4.78 is 11.7. The van der Waals surface area contributed by atoms with E-state index in [0.717, 1.165) is 32.4 Å². The van der Waals surface area contributed by atoms with Crippen LogP contribution in [0.5, 0.6) is 0 Å². The highest BCUT2D eigenvalue weighted by atomic mass is 32.2. The van der Waals surface area contributed by atoms with Crippen LogP contribution in [0.25, 0.3) is 0 Å². The van der Waals surface area contributed by atoms with Crippen molar-refractivity contribution in [2.24, 2.45) is 23.7 Å². The Hall–Kier alpha value is -1.75. The van der Waals surface area contributed by atoms with Gasteiger partial charge in [0.05, 0.1) is 22.3 Å². The van der Waals surface area contributed by atoms with Crippen LogP contribution in [0.3, 0.4) is 0 Å². The molecular formula is C28H42O4S. The van der Waals surface area contributed by atoms with Crippen molar-refractivity contribution in [1.29, 1.82) is 0 Å². The Labute approximate surface area is 204 Å². The summed E-state index contributed by atoms with van der Waals surface area (Å²) in [6.45, 7) is 20.5. The van der Waals surface area contributed by atoms with E-state index in [1.807, 2.05) is 13.8 Å². The second kappa shape index (κ2) is 11.6. The lowest BCUT2D eigenvalue weighted by Crippen LogP contribution is -2.20. The first-order chi connectivity index (χ1) is 15.3. The molecule has 0 aliphatic rings. The summed E-state index contributed by atoms with van der Waals surface area (Å²) in [4.78, 5) is 28.3. The number of furan rings is 2. The number of ketones is 2. The third-order valence-electron chi connectivity index (χ3n) is 6.01. The quantitative estimate of drug-likeness (QED) is 0.309. The second-order valence-corrected chi connectivity index (χ2v) is 11.8. The maximum atomic E-state index is 13.2. The minimum Gasteiger partial charge on any atom is -0.468 e. The van der Waals surface area contributed by atoms with Crippen molar-refractivity contribution in [3.8, 4) is 0 Å². The van der Waals surface area contributed by atoms with Crippen molar-refractivity contribution in [3.63, 3.8) is 0 Å². The average Bonchev–Trinajstić information content (AvgIpc) is 3.18. The van der Waals surface area contributed by atoms with Crippen LogP contribution in [-0.2, 0) is 9.59 Å². The molecule has 0 N–H and O–H groups in total. The molecule has 2 aromatic rings. The van der Waals surface area contributed by atoms with Crippen LogP contribution >= 0.6 is 11.8 Å². The predicted octanol–water partition coefficient (Wildman–Crippen LogP) is 8.35. The normalized spacial score (nSPS) is 14.0. The van der Waals surface area contributed by atoms with Crippen LogP contribution in [0.4, 0.5) is 0 Å². The van der Waals surface area contributed by atoms with E-state index < -0.39 is 0 Å². The second-order valence-electron chi connectivity index (χ2n) is 10.8. The molecule has 0 aliphatic carbocycles. The van der Waals surface area contributed by atoms with Crippen molar-refractivity contribution in [3.05, 3.63) is 35.2 Å². The number of hydrogen-bond donors (Lipinski definition) is 0. The number of Topliss-reactive ketones (excluding diaryl/α,β-unsaturated/α-hetero) is 2. The summed E-state index contributed by atoms with van der Waals surface area (Å²) >= 11 is 1.58. The molecule has 0 aliphatic heterocycles. The number of aryl methyl sites for hydroxylation is 2. The average molecular weight is 475 g/mol. The SMILES string of the molecule is Cc1occ(C(C(=O)CC(C)C)C(C)C)c1Sc1c(C(C(=O)CC(C)C)C(C)C)coc1C. The molecule has 0 saturated carbocycles. The molecule has 2 unspecified atom stereocenters. The summed E-state index contributed by atoms with van der Waals surface area (Å²) in [6.07, 6.45) is 4.59. The number of hydrogen-bond acceptors (Lipinski definition) is 5. The van der Waals surface area contributed by atoms with Crippen molar-refractivity contribution in [2.45, 2.75) is 104 Å². The van der Waals surface area contributed by atoms with Crippen LogP contribution in [-0.4, -0.2) is 11.6 Å². The fourth-order valence-corrected chi connectivity index (χ4v) is 5.76. The third-order valence-corrected chi connectivity index (χ3v) is 7.46. The van der Waals surface area contributed by atoms with E-state index in [4.69, 9.17) is 8.83 Å². The van der Waals surface area contributed by atoms with Gasteiger partial charge in [0.15, 0.2) is 0 Å². The van der Waals surface area contributed by atoms with E-state index in [1.54, 1.807) is 24.3 Å². The number of rotatable bonds is 12. The first-order valence-electron chi connectivity index (χ1n) is 12.2. The zero-order valence-corrected chi connectivity index (χ0v) is 22.9. The van der Waals surface area contributed by atoms with E-state index in [2.05, 4.69) is 55.4 Å². The summed E-state index contributed by atoms with van der Waals surface area (Å²) in [5.74, 6) is 2.59. The largest absolute Gasteiger partial charge is 0.468 e. The van der Waals surface area contributed by atoms with Gasteiger partial charge in [0.2, 0.25) is 0 Å². The monoisotopic (exact) mass is 474 g/mol. The topological polar surface area (TPSA) is 60.4 Å². The van der Waals surface area contributed by atoms with E-state index >= 15 is 0 Å². The van der Waals surface area contributed by atoms with Crippen molar-refractivity contribution < 1.29 is 18.4 Å². The highest BCUT2D eigenvalue weighted by Gasteiger charge is 2.33. The van der Waals surface area contributed by atoms with E-state index in [0.29, 0.717) is 24.7 Å². The van der Waals surface area contributed by atoms with Gasteiger partial charge in [-0.3, -0.25) is 9.59 Å². The molecule has 184 valence electrons. The van der Waals surface area contributed by atoms with Crippen molar-refractivity contribution in [2.75, 3.05) is 0 Å². The molecule has 4 nitrogen and oxygen atoms in total. The van der Waals surface area contributed by atoms with Gasteiger partial charge in [-0.25, -0.2) is 0 Å². The Morgan fingerprint density at radius 3 is 1.30 bits per heavy atom. The highest BCUT2D eigenvalue weighted by Crippen LogP contribution is 2.46. The fourth-order valence-electron chi connectivity index (χ4n) is 4.58. The fraction of sp³-hybridized carbons (Fsp3) is 0.643. The molecule has 2 atom stereocenters. The molecule has 5 heteroatoms. The zero-order chi connectivity index (χ0) is 25.0. The van der Waals surface area contributed by atoms with E-state index in [9.17, 15) is 9.59 Å². The Morgan fingerprint density at radius 1 is 0.697 bits per heavy atom. The van der Waals surface area contributed by atoms with Crippen LogP contribution in [0.1, 0.15) is 103 Å². The van der Waals surface area contributed by atoms with Crippen molar-refractivity contribution >= 4 is 23.3 Å². The smallest absolute Gasteiger partial charge is 0.141 e. The lowest BCUT2D eigenvalue weighted by molar-refractivity contribution is -0.123. The number of carbonyl (C=O) groups is 2. The van der Waals surface area contributed by atoms with Gasteiger partial charge in [-0.05, 0) is 37.5 Å². The van der Waals surface area contributed by atoms with Gasteiger partial charge in [0.1, 0.15) is 23.1 Å². The minimum absolute atomic E-state index is 0.161. The molecule has 33 heavy (non-hydrogen) atoms. The van der Waals surface area contributed by atoms with Crippen molar-refractivity contribution in [1.82, 2.24) is 0 Å². The molecule has 0 amide bonds. The molecule has 0 spiro atoms. The van der Waals surface area contributed by atoms with Crippen LogP contribution in [0.15, 0.2) is 31.2 Å². The predicted molar refractivity (Wildman–Crippen MR) is 135 cm³/mol. The van der Waals surface area contributed by atoms with Gasteiger partial charge in [-0.2, -0.15) is 0 Å². The molecular weight excluding hydrogens is 432 g/mol. The molecule has 0 aromatic carbocycles. The Bertz CT molecular complexity index is 869. The van der Waals surface area contributed by atoms with Gasteiger partial charge in [-0.15, -0.1) is 0 Å². The summed E-state index contributed by atoms with van der Waals surface area (Å²) in [5, 5.41) is 0. The lowest BCUT2D eigenvalue weighted by atomic mass is 9.83. The van der Waals surface area contributed by atoms with Gasteiger partial charge >= 0.3 is 0 Å². The third kappa shape index (κ3) is 6.65. The standard InChI is InChI=1S/C28H42O4S/c1-15(2)11-23(29)25(17(5)6)21-13-31-19(9)27(21)33-28-20(10)32-14-22(28)26(18(7)8)24(30)12-16(3)4/h13-18,25-26H,11-12H2,1-10H3. The molecule has 0 saturated heterocycles. The zero-order valence-electron chi connectivity index (χ0n) is 22.1. The first kappa shape index (κ1) is 27.5. The molecule has 2 aromatic heterocycles. The Kier molecular flexibility index (Phi) is 9.66. The Balaban J connectivity index is 2.51. The van der Waals surface area contributed by atoms with Crippen LogP contribution in [0, 0.1) is 37.5 Å². The summed E-state index contributed by atoms with van der Waals surface area (Å²) in [7, 11) is 0. The van der Waals surface area contributed by atoms with Crippen LogP contribution in [0.2, 0.25) is 0 Å². The molecule has 0 radical (unpaired) electrons. The molecule has 0 bridgehead atoms.